The molecule has 3 nitrogen and oxygen atoms in total. The minimum atomic E-state index is -4.49. The van der Waals surface area contributed by atoms with Gasteiger partial charge in [-0.3, -0.25) is 4.79 Å². The highest BCUT2D eigenvalue weighted by Gasteiger charge is 2.32. The van der Waals surface area contributed by atoms with Gasteiger partial charge in [0.2, 0.25) is 0 Å². The van der Waals surface area contributed by atoms with Crippen LogP contribution < -0.4 is 0 Å². The number of ether oxygens (including phenoxy) is 1. The van der Waals surface area contributed by atoms with Crippen molar-refractivity contribution in [3.63, 3.8) is 0 Å². The van der Waals surface area contributed by atoms with E-state index in [2.05, 4.69) is 0 Å². The van der Waals surface area contributed by atoms with E-state index in [0.717, 1.165) is 12.1 Å². The molecule has 6 heteroatoms. The van der Waals surface area contributed by atoms with Crippen LogP contribution in [0.25, 0.3) is 0 Å². The Morgan fingerprint density at radius 2 is 1.73 bits per heavy atom. The van der Waals surface area contributed by atoms with Crippen molar-refractivity contribution in [1.82, 2.24) is 0 Å². The number of esters is 1. The zero-order valence-corrected chi connectivity index (χ0v) is 11.6. The first-order valence-electron chi connectivity index (χ1n) is 6.37. The Kier molecular flexibility index (Phi) is 4.40. The van der Waals surface area contributed by atoms with Crippen LogP contribution in [0.1, 0.15) is 22.6 Å². The monoisotopic (exact) mass is 310 g/mol. The molecule has 0 bridgehead atoms. The molecule has 1 N–H and O–H groups in total. The summed E-state index contributed by atoms with van der Waals surface area (Å²) in [5, 5.41) is 9.29. The summed E-state index contributed by atoms with van der Waals surface area (Å²) < 4.78 is 43.2. The van der Waals surface area contributed by atoms with Gasteiger partial charge in [-0.15, -0.1) is 0 Å². The van der Waals surface area contributed by atoms with Crippen molar-refractivity contribution in [2.24, 2.45) is 0 Å². The van der Waals surface area contributed by atoms with E-state index in [0.29, 0.717) is 5.56 Å². The molecule has 0 aliphatic rings. The Morgan fingerprint density at radius 1 is 1.09 bits per heavy atom. The molecule has 0 amide bonds. The SMILES string of the molecule is COC(=O)C(c1ccc(O)cc1)c1cccc(C(F)(F)F)c1. The Balaban J connectivity index is 2.51. The second-order valence-electron chi connectivity index (χ2n) is 4.67. The Morgan fingerprint density at radius 3 is 2.27 bits per heavy atom. The molecule has 116 valence electrons. The molecule has 0 radical (unpaired) electrons. The maximum Gasteiger partial charge on any atom is 0.416 e. The molecule has 0 spiro atoms. The summed E-state index contributed by atoms with van der Waals surface area (Å²) in [6, 6.07) is 10.2. The van der Waals surface area contributed by atoms with Crippen molar-refractivity contribution < 1.29 is 27.8 Å². The maximum absolute atomic E-state index is 12.8. The minimum Gasteiger partial charge on any atom is -0.508 e. The van der Waals surface area contributed by atoms with E-state index in [9.17, 15) is 23.1 Å². The molecule has 2 aromatic rings. The summed E-state index contributed by atoms with van der Waals surface area (Å²) in [4.78, 5) is 12.0. The number of carbonyl (C=O) groups is 1. The van der Waals surface area contributed by atoms with Gasteiger partial charge in [0.25, 0.3) is 0 Å². The minimum absolute atomic E-state index is 0.00333. The van der Waals surface area contributed by atoms with Gasteiger partial charge in [-0.2, -0.15) is 13.2 Å². The van der Waals surface area contributed by atoms with Crippen LogP contribution in [0, 0.1) is 0 Å². The number of benzene rings is 2. The molecule has 1 atom stereocenters. The lowest BCUT2D eigenvalue weighted by Gasteiger charge is -2.17. The number of aromatic hydroxyl groups is 1. The summed E-state index contributed by atoms with van der Waals surface area (Å²) in [6.07, 6.45) is -4.49. The number of alkyl halides is 3. The molecular weight excluding hydrogens is 297 g/mol. The van der Waals surface area contributed by atoms with Gasteiger partial charge in [0.05, 0.1) is 12.7 Å². The normalized spacial score (nSPS) is 12.7. The van der Waals surface area contributed by atoms with Gasteiger partial charge < -0.3 is 9.84 Å². The molecule has 0 fully saturated rings. The van der Waals surface area contributed by atoms with Crippen LogP contribution in [0.4, 0.5) is 13.2 Å². The third kappa shape index (κ3) is 3.39. The summed E-state index contributed by atoms with van der Waals surface area (Å²) in [6.45, 7) is 0. The van der Waals surface area contributed by atoms with Crippen LogP contribution in [-0.4, -0.2) is 18.2 Å². The second kappa shape index (κ2) is 6.09. The summed E-state index contributed by atoms with van der Waals surface area (Å²) >= 11 is 0. The van der Waals surface area contributed by atoms with E-state index in [4.69, 9.17) is 4.74 Å². The highest BCUT2D eigenvalue weighted by atomic mass is 19.4. The van der Waals surface area contributed by atoms with E-state index >= 15 is 0 Å². The molecule has 22 heavy (non-hydrogen) atoms. The van der Waals surface area contributed by atoms with Gasteiger partial charge in [-0.25, -0.2) is 0 Å². The fraction of sp³-hybridized carbons (Fsp3) is 0.188. The Hall–Kier alpha value is -2.50. The van der Waals surface area contributed by atoms with Crippen molar-refractivity contribution >= 4 is 5.97 Å². The van der Waals surface area contributed by atoms with Crippen LogP contribution in [0.3, 0.4) is 0 Å². The zero-order valence-electron chi connectivity index (χ0n) is 11.6. The molecule has 0 saturated carbocycles. The van der Waals surface area contributed by atoms with Gasteiger partial charge >= 0.3 is 12.1 Å². The number of methoxy groups -OCH3 is 1. The second-order valence-corrected chi connectivity index (χ2v) is 4.67. The molecule has 2 rings (SSSR count). The number of rotatable bonds is 3. The highest BCUT2D eigenvalue weighted by Crippen LogP contribution is 2.33. The van der Waals surface area contributed by atoms with Gasteiger partial charge in [0, 0.05) is 0 Å². The van der Waals surface area contributed by atoms with Gasteiger partial charge in [-0.1, -0.05) is 30.3 Å². The third-order valence-corrected chi connectivity index (χ3v) is 3.21. The average Bonchev–Trinajstić information content (AvgIpc) is 2.49. The molecule has 0 aromatic heterocycles. The fourth-order valence-electron chi connectivity index (χ4n) is 2.14. The van der Waals surface area contributed by atoms with E-state index in [-0.39, 0.29) is 11.3 Å². The quantitative estimate of drug-likeness (QED) is 0.879. The predicted octanol–water partition coefficient (Wildman–Crippen LogP) is 3.72. The van der Waals surface area contributed by atoms with Crippen LogP contribution in [0.2, 0.25) is 0 Å². The molecular formula is C16H13F3O3. The van der Waals surface area contributed by atoms with Crippen molar-refractivity contribution in [2.45, 2.75) is 12.1 Å². The average molecular weight is 310 g/mol. The van der Waals surface area contributed by atoms with E-state index in [1.54, 1.807) is 0 Å². The molecule has 0 saturated heterocycles. The van der Waals surface area contributed by atoms with Crippen molar-refractivity contribution in [2.75, 3.05) is 7.11 Å². The lowest BCUT2D eigenvalue weighted by Crippen LogP contribution is -2.16. The first-order valence-corrected chi connectivity index (χ1v) is 6.37. The molecule has 1 unspecified atom stereocenters. The Bertz CT molecular complexity index is 663. The lowest BCUT2D eigenvalue weighted by molar-refractivity contribution is -0.142. The third-order valence-electron chi connectivity index (χ3n) is 3.21. The number of halogens is 3. The number of hydrogen-bond acceptors (Lipinski definition) is 3. The number of carbonyl (C=O) groups excluding carboxylic acids is 1. The Labute approximate surface area is 125 Å². The van der Waals surface area contributed by atoms with E-state index < -0.39 is 23.6 Å². The van der Waals surface area contributed by atoms with E-state index in [1.807, 2.05) is 0 Å². The van der Waals surface area contributed by atoms with Gasteiger partial charge in [0.15, 0.2) is 0 Å². The largest absolute Gasteiger partial charge is 0.508 e. The van der Waals surface area contributed by atoms with Gasteiger partial charge in [0.1, 0.15) is 11.7 Å². The smallest absolute Gasteiger partial charge is 0.416 e. The van der Waals surface area contributed by atoms with E-state index in [1.165, 1.54) is 43.5 Å². The molecule has 0 heterocycles. The summed E-state index contributed by atoms with van der Waals surface area (Å²) in [5.41, 5.74) is -0.228. The number of phenols is 1. The maximum atomic E-state index is 12.8. The topological polar surface area (TPSA) is 46.5 Å². The summed E-state index contributed by atoms with van der Waals surface area (Å²) in [5.74, 6) is -1.67. The zero-order chi connectivity index (χ0) is 16.3. The van der Waals surface area contributed by atoms with Crippen LogP contribution >= 0.6 is 0 Å². The van der Waals surface area contributed by atoms with Crippen LogP contribution in [0.5, 0.6) is 5.75 Å². The predicted molar refractivity (Wildman–Crippen MR) is 73.4 cm³/mol. The van der Waals surface area contributed by atoms with Crippen molar-refractivity contribution in [3.05, 3.63) is 65.2 Å². The lowest BCUT2D eigenvalue weighted by atomic mass is 9.90. The summed E-state index contributed by atoms with van der Waals surface area (Å²) in [7, 11) is 1.17. The van der Waals surface area contributed by atoms with Crippen LogP contribution in [-0.2, 0) is 15.7 Å². The number of phenolic OH excluding ortho intramolecular Hbond substituents is 1. The first kappa shape index (κ1) is 15.9. The van der Waals surface area contributed by atoms with Crippen molar-refractivity contribution in [1.29, 1.82) is 0 Å². The van der Waals surface area contributed by atoms with Gasteiger partial charge in [-0.05, 0) is 29.3 Å². The first-order chi connectivity index (χ1) is 10.3. The number of hydrogen-bond donors (Lipinski definition) is 1. The highest BCUT2D eigenvalue weighted by molar-refractivity contribution is 5.82. The standard InChI is InChI=1S/C16H13F3O3/c1-22-15(21)14(10-5-7-13(20)8-6-10)11-3-2-4-12(9-11)16(17,18)19/h2-9,14,20H,1H3. The molecule has 2 aromatic carbocycles. The van der Waals surface area contributed by atoms with Crippen molar-refractivity contribution in [3.8, 4) is 5.75 Å². The molecule has 0 aliphatic heterocycles. The fourth-order valence-corrected chi connectivity index (χ4v) is 2.14. The molecule has 0 aliphatic carbocycles. The van der Waals surface area contributed by atoms with Crippen LogP contribution in [0.15, 0.2) is 48.5 Å².